The fourth-order valence-corrected chi connectivity index (χ4v) is 4.91. The van der Waals surface area contributed by atoms with Crippen LogP contribution < -0.4 is 0 Å². The number of nitrogens with zero attached hydrogens (tertiary/aromatic N) is 1. The quantitative estimate of drug-likeness (QED) is 0.394. The molecular weight excluding hydrogens is 330 g/mol. The summed E-state index contributed by atoms with van der Waals surface area (Å²) in [6.07, 6.45) is 10.5. The summed E-state index contributed by atoms with van der Waals surface area (Å²) >= 11 is 3.65. The van der Waals surface area contributed by atoms with E-state index in [4.69, 9.17) is 4.98 Å². The first-order valence-corrected chi connectivity index (χ1v) is 10.5. The minimum absolute atomic E-state index is 0.822. The standard InChI is InChI=1S/C21H25NS2/c1-15(2)7-6-8-16(3)11-12-17-13-14-20(23-17)21-22-18-9-4-5-10-19(18)24-21/h9-10,13-16H,6-8,11-12H2,1-3H3. The molecule has 0 amide bonds. The van der Waals surface area contributed by atoms with Crippen LogP contribution in [0.1, 0.15) is 61.9 Å². The highest BCUT2D eigenvalue weighted by Gasteiger charge is 2.12. The van der Waals surface area contributed by atoms with E-state index in [2.05, 4.69) is 44.4 Å². The van der Waals surface area contributed by atoms with E-state index >= 15 is 0 Å². The average Bonchev–Trinajstić information content (AvgIpc) is 3.19. The van der Waals surface area contributed by atoms with Gasteiger partial charge in [-0.3, -0.25) is 0 Å². The van der Waals surface area contributed by atoms with Crippen LogP contribution in [0.5, 0.6) is 0 Å². The van der Waals surface area contributed by atoms with Gasteiger partial charge in [0.05, 0.1) is 15.4 Å². The molecule has 0 radical (unpaired) electrons. The molecule has 2 aromatic rings. The molecule has 1 unspecified atom stereocenters. The molecule has 0 saturated heterocycles. The van der Waals surface area contributed by atoms with Crippen molar-refractivity contribution in [2.75, 3.05) is 0 Å². The molecule has 2 heterocycles. The van der Waals surface area contributed by atoms with Gasteiger partial charge in [0.15, 0.2) is 0 Å². The predicted octanol–water partition coefficient (Wildman–Crippen LogP) is 7.06. The molecule has 0 N–H and O–H groups in total. The Balaban J connectivity index is 1.53. The van der Waals surface area contributed by atoms with E-state index in [0.29, 0.717) is 0 Å². The third-order valence-electron chi connectivity index (χ3n) is 4.41. The van der Waals surface area contributed by atoms with Crippen LogP contribution in [0.15, 0.2) is 23.6 Å². The molecule has 1 aliphatic carbocycles. The molecule has 0 aromatic carbocycles. The fraction of sp³-hybridized carbons (Fsp3) is 0.476. The van der Waals surface area contributed by atoms with E-state index in [0.717, 1.165) is 22.5 Å². The second-order valence-corrected chi connectivity index (χ2v) is 9.28. The molecule has 0 spiro atoms. The SMILES string of the molecule is CC(C)CCCC(C)CCc1ccc(-c2nc3c(s2)C=C=C=C3)s1. The molecule has 2 aromatic heterocycles. The number of thiophene rings is 1. The Morgan fingerprint density at radius 3 is 2.62 bits per heavy atom. The van der Waals surface area contributed by atoms with Crippen molar-refractivity contribution in [2.45, 2.75) is 52.9 Å². The van der Waals surface area contributed by atoms with Crippen LogP contribution in [-0.4, -0.2) is 4.98 Å². The van der Waals surface area contributed by atoms with Crippen LogP contribution in [0, 0.1) is 11.8 Å². The molecule has 1 nitrogen and oxygen atoms in total. The van der Waals surface area contributed by atoms with Crippen molar-refractivity contribution in [1.82, 2.24) is 4.98 Å². The van der Waals surface area contributed by atoms with Gasteiger partial charge in [-0.15, -0.1) is 22.7 Å². The summed E-state index contributed by atoms with van der Waals surface area (Å²) in [5.41, 5.74) is 7.02. The highest BCUT2D eigenvalue weighted by atomic mass is 32.1. The predicted molar refractivity (Wildman–Crippen MR) is 108 cm³/mol. The Hall–Kier alpha value is -1.37. The summed E-state index contributed by atoms with van der Waals surface area (Å²) in [6, 6.07) is 4.51. The van der Waals surface area contributed by atoms with E-state index in [1.807, 2.05) is 23.5 Å². The van der Waals surface area contributed by atoms with Gasteiger partial charge in [-0.05, 0) is 36.8 Å². The maximum atomic E-state index is 4.73. The molecule has 0 saturated carbocycles. The van der Waals surface area contributed by atoms with Crippen molar-refractivity contribution in [3.8, 4) is 9.88 Å². The van der Waals surface area contributed by atoms with Gasteiger partial charge in [-0.25, -0.2) is 4.98 Å². The van der Waals surface area contributed by atoms with Crippen LogP contribution in [-0.2, 0) is 6.42 Å². The maximum absolute atomic E-state index is 4.73. The molecular formula is C21H25NS2. The van der Waals surface area contributed by atoms with Crippen LogP contribution in [0.25, 0.3) is 22.0 Å². The Morgan fingerprint density at radius 1 is 1.00 bits per heavy atom. The van der Waals surface area contributed by atoms with Gasteiger partial charge in [0, 0.05) is 17.0 Å². The lowest BCUT2D eigenvalue weighted by molar-refractivity contribution is 0.438. The summed E-state index contributed by atoms with van der Waals surface area (Å²) in [7, 11) is 0. The topological polar surface area (TPSA) is 12.9 Å². The first kappa shape index (κ1) is 17.5. The molecule has 3 heteroatoms. The molecule has 0 aliphatic heterocycles. The lowest BCUT2D eigenvalue weighted by Gasteiger charge is -2.11. The van der Waals surface area contributed by atoms with Crippen molar-refractivity contribution in [1.29, 1.82) is 0 Å². The monoisotopic (exact) mass is 355 g/mol. The zero-order valence-electron chi connectivity index (χ0n) is 14.8. The minimum Gasteiger partial charge on any atom is -0.234 e. The van der Waals surface area contributed by atoms with Gasteiger partial charge in [0.1, 0.15) is 5.01 Å². The maximum Gasteiger partial charge on any atom is 0.134 e. The number of thiazole rings is 1. The zero-order valence-corrected chi connectivity index (χ0v) is 16.4. The van der Waals surface area contributed by atoms with Gasteiger partial charge >= 0.3 is 0 Å². The van der Waals surface area contributed by atoms with E-state index in [-0.39, 0.29) is 0 Å². The molecule has 1 aliphatic rings. The summed E-state index contributed by atoms with van der Waals surface area (Å²) < 4.78 is 0. The van der Waals surface area contributed by atoms with E-state index in [9.17, 15) is 0 Å². The Labute approximate surface area is 153 Å². The molecule has 0 bridgehead atoms. The second kappa shape index (κ2) is 8.14. The van der Waals surface area contributed by atoms with Crippen molar-refractivity contribution in [3.63, 3.8) is 0 Å². The largest absolute Gasteiger partial charge is 0.234 e. The first-order valence-electron chi connectivity index (χ1n) is 8.89. The van der Waals surface area contributed by atoms with Gasteiger partial charge < -0.3 is 0 Å². The fourth-order valence-electron chi connectivity index (χ4n) is 2.91. The van der Waals surface area contributed by atoms with Crippen molar-refractivity contribution < 1.29 is 0 Å². The van der Waals surface area contributed by atoms with Crippen molar-refractivity contribution >= 4 is 34.8 Å². The highest BCUT2D eigenvalue weighted by Crippen LogP contribution is 2.35. The number of hydrogen-bond acceptors (Lipinski definition) is 3. The number of aryl methyl sites for hydroxylation is 1. The Kier molecular flexibility index (Phi) is 5.92. The van der Waals surface area contributed by atoms with E-state index in [1.165, 1.54) is 46.7 Å². The number of fused-ring (bicyclic) bond motifs is 1. The average molecular weight is 356 g/mol. The molecule has 0 fully saturated rings. The first-order chi connectivity index (χ1) is 11.6. The van der Waals surface area contributed by atoms with Gasteiger partial charge in [-0.1, -0.05) is 51.5 Å². The number of aromatic nitrogens is 1. The number of rotatable bonds is 8. The Bertz CT molecular complexity index is 747. The van der Waals surface area contributed by atoms with Crippen LogP contribution in [0.4, 0.5) is 0 Å². The third kappa shape index (κ3) is 4.59. The summed E-state index contributed by atoms with van der Waals surface area (Å²) in [5.74, 6) is 1.66. The third-order valence-corrected chi connectivity index (χ3v) is 6.74. The van der Waals surface area contributed by atoms with Gasteiger partial charge in [0.2, 0.25) is 0 Å². The zero-order chi connectivity index (χ0) is 16.9. The minimum atomic E-state index is 0.822. The van der Waals surface area contributed by atoms with Gasteiger partial charge in [0.25, 0.3) is 0 Å². The van der Waals surface area contributed by atoms with E-state index in [1.54, 1.807) is 11.3 Å². The second-order valence-electron chi connectivity index (χ2n) is 7.08. The van der Waals surface area contributed by atoms with Crippen LogP contribution in [0.2, 0.25) is 0 Å². The summed E-state index contributed by atoms with van der Waals surface area (Å²) in [4.78, 5) is 8.69. The highest BCUT2D eigenvalue weighted by molar-refractivity contribution is 7.22. The summed E-state index contributed by atoms with van der Waals surface area (Å²) in [5, 5.41) is 1.12. The van der Waals surface area contributed by atoms with Crippen LogP contribution >= 0.6 is 22.7 Å². The smallest absolute Gasteiger partial charge is 0.134 e. The van der Waals surface area contributed by atoms with Crippen molar-refractivity contribution in [2.24, 2.45) is 11.8 Å². The van der Waals surface area contributed by atoms with Crippen molar-refractivity contribution in [3.05, 3.63) is 39.0 Å². The summed E-state index contributed by atoms with van der Waals surface area (Å²) in [6.45, 7) is 7.03. The molecule has 1 atom stereocenters. The van der Waals surface area contributed by atoms with Crippen LogP contribution in [0.3, 0.4) is 0 Å². The normalized spacial score (nSPS) is 13.7. The molecule has 24 heavy (non-hydrogen) atoms. The Morgan fingerprint density at radius 2 is 1.83 bits per heavy atom. The lowest BCUT2D eigenvalue weighted by atomic mass is 9.96. The molecule has 126 valence electrons. The van der Waals surface area contributed by atoms with Gasteiger partial charge in [-0.2, -0.15) is 0 Å². The molecule has 3 rings (SSSR count). The lowest BCUT2D eigenvalue weighted by Crippen LogP contribution is -1.98. The number of hydrogen-bond donors (Lipinski definition) is 0. The van der Waals surface area contributed by atoms with E-state index < -0.39 is 0 Å².